The Morgan fingerprint density at radius 1 is 0.656 bits per heavy atom. The zero-order chi connectivity index (χ0) is 25.4. The summed E-state index contributed by atoms with van der Waals surface area (Å²) in [5, 5.41) is 0. The molecule has 14 heteroatoms. The van der Waals surface area contributed by atoms with Gasteiger partial charge in [-0.05, 0) is 12.8 Å². The molecule has 0 aromatic carbocycles. The number of ether oxygens (including phenoxy) is 1. The molecule has 0 saturated carbocycles. The van der Waals surface area contributed by atoms with E-state index in [1.165, 1.54) is 0 Å². The van der Waals surface area contributed by atoms with Crippen LogP contribution in [0.2, 0.25) is 0 Å². The molecule has 0 aliphatic carbocycles. The van der Waals surface area contributed by atoms with Gasteiger partial charge in [-0.15, -0.1) is 0 Å². The highest BCUT2D eigenvalue weighted by Crippen LogP contribution is 2.51. The summed E-state index contributed by atoms with van der Waals surface area (Å²) in [5.74, 6) is -16.1. The molecule has 0 rings (SSSR count). The minimum Gasteiger partial charge on any atom is -0.337 e. The molecule has 0 aliphatic heterocycles. The molecule has 0 fully saturated rings. The first-order valence-electron chi connectivity index (χ1n) is 9.96. The number of amides is 1. The van der Waals surface area contributed by atoms with Gasteiger partial charge in [-0.25, -0.2) is 0 Å². The second kappa shape index (κ2) is 11.7. The summed E-state index contributed by atoms with van der Waals surface area (Å²) < 4.78 is 146. The van der Waals surface area contributed by atoms with Crippen LogP contribution in [-0.2, 0) is 9.53 Å². The van der Waals surface area contributed by atoms with Crippen molar-refractivity contribution in [2.45, 2.75) is 95.5 Å². The van der Waals surface area contributed by atoms with Crippen LogP contribution >= 0.6 is 0 Å². The third-order valence-electron chi connectivity index (χ3n) is 4.48. The molecule has 0 saturated heterocycles. The van der Waals surface area contributed by atoms with Crippen molar-refractivity contribution in [3.8, 4) is 0 Å². The molecule has 1 atom stereocenters. The van der Waals surface area contributed by atoms with Crippen molar-refractivity contribution >= 4 is 5.91 Å². The van der Waals surface area contributed by atoms with Crippen molar-refractivity contribution < 1.29 is 57.8 Å². The van der Waals surface area contributed by atoms with Crippen molar-refractivity contribution in [3.05, 3.63) is 0 Å². The molecule has 0 unspecified atom stereocenters. The SMILES string of the molecule is CCCCCCN(CCCCCC)C(=O)[C@@](F)(OC(F)(F)C(F)(F)C(F)(F)F)C(F)(F)F. The van der Waals surface area contributed by atoms with E-state index in [1.807, 2.05) is 0 Å². The molecule has 32 heavy (non-hydrogen) atoms. The van der Waals surface area contributed by atoms with E-state index in [2.05, 4.69) is 4.74 Å². The van der Waals surface area contributed by atoms with E-state index in [9.17, 15) is 53.1 Å². The van der Waals surface area contributed by atoms with E-state index in [0.29, 0.717) is 38.5 Å². The predicted octanol–water partition coefficient (Wildman–Crippen LogP) is 7.01. The maximum absolute atomic E-state index is 14.6. The average Bonchev–Trinajstić information content (AvgIpc) is 2.63. The number of unbranched alkanes of at least 4 members (excludes halogenated alkanes) is 6. The lowest BCUT2D eigenvalue weighted by Crippen LogP contribution is -2.64. The van der Waals surface area contributed by atoms with Gasteiger partial charge in [0.1, 0.15) is 0 Å². The molecular formula is C18H26F11NO2. The summed E-state index contributed by atoms with van der Waals surface area (Å²) in [6, 6.07) is 0. The molecule has 0 bridgehead atoms. The topological polar surface area (TPSA) is 29.5 Å². The van der Waals surface area contributed by atoms with E-state index in [0.717, 1.165) is 0 Å². The second-order valence-electron chi connectivity index (χ2n) is 7.20. The zero-order valence-electron chi connectivity index (χ0n) is 17.5. The van der Waals surface area contributed by atoms with Gasteiger partial charge in [0.15, 0.2) is 0 Å². The molecule has 0 spiro atoms. The summed E-state index contributed by atoms with van der Waals surface area (Å²) in [7, 11) is 0. The van der Waals surface area contributed by atoms with E-state index in [1.54, 1.807) is 13.8 Å². The van der Waals surface area contributed by atoms with Gasteiger partial charge in [0.2, 0.25) is 0 Å². The van der Waals surface area contributed by atoms with Crippen molar-refractivity contribution in [3.63, 3.8) is 0 Å². The van der Waals surface area contributed by atoms with Crippen LogP contribution in [0, 0.1) is 0 Å². The van der Waals surface area contributed by atoms with Gasteiger partial charge in [-0.2, -0.15) is 48.3 Å². The normalized spacial score (nSPS) is 15.5. The Morgan fingerprint density at radius 3 is 1.38 bits per heavy atom. The quantitative estimate of drug-likeness (QED) is 0.191. The Balaban J connectivity index is 5.96. The average molecular weight is 497 g/mol. The number of carbonyl (C=O) groups excluding carboxylic acids is 1. The Labute approximate surface area is 178 Å². The van der Waals surface area contributed by atoms with Crippen LogP contribution in [0.1, 0.15) is 65.2 Å². The molecule has 0 heterocycles. The smallest absolute Gasteiger partial charge is 0.337 e. The highest BCUT2D eigenvalue weighted by atomic mass is 19.4. The fourth-order valence-electron chi connectivity index (χ4n) is 2.61. The van der Waals surface area contributed by atoms with Gasteiger partial charge in [0.05, 0.1) is 0 Å². The first kappa shape index (κ1) is 30.7. The molecule has 0 N–H and O–H groups in total. The lowest BCUT2D eigenvalue weighted by Gasteiger charge is -2.36. The monoisotopic (exact) mass is 497 g/mol. The Bertz CT molecular complexity index is 566. The summed E-state index contributed by atoms with van der Waals surface area (Å²) in [6.07, 6.45) is -17.5. The van der Waals surface area contributed by atoms with Crippen molar-refractivity contribution in [2.75, 3.05) is 13.1 Å². The Kier molecular flexibility index (Phi) is 11.2. The van der Waals surface area contributed by atoms with Crippen molar-refractivity contribution in [1.29, 1.82) is 0 Å². The molecule has 192 valence electrons. The van der Waals surface area contributed by atoms with E-state index >= 15 is 0 Å². The lowest BCUT2D eigenvalue weighted by molar-refractivity contribution is -0.473. The summed E-state index contributed by atoms with van der Waals surface area (Å²) in [5.41, 5.74) is 0. The van der Waals surface area contributed by atoms with E-state index in [4.69, 9.17) is 0 Å². The third kappa shape index (κ3) is 7.62. The molecule has 1 amide bonds. The Hall–Kier alpha value is -1.34. The molecule has 0 aromatic heterocycles. The van der Waals surface area contributed by atoms with Gasteiger partial charge in [-0.3, -0.25) is 9.53 Å². The number of hydrogen-bond donors (Lipinski definition) is 0. The summed E-state index contributed by atoms with van der Waals surface area (Å²) in [4.78, 5) is 12.4. The maximum Gasteiger partial charge on any atom is 0.462 e. The fourth-order valence-corrected chi connectivity index (χ4v) is 2.61. The standard InChI is InChI=1S/C18H26F11NO2/c1-3-5-7-9-11-30(12-10-8-6-4-2)13(31)14(19,16(22,23)24)32-18(28,29)15(20,21)17(25,26)27/h3-12H2,1-2H3/t14-/m1/s1. The van der Waals surface area contributed by atoms with Gasteiger partial charge < -0.3 is 4.90 Å². The number of halogens is 11. The van der Waals surface area contributed by atoms with Crippen LogP contribution < -0.4 is 0 Å². The van der Waals surface area contributed by atoms with Crippen LogP contribution in [-0.4, -0.2) is 54.1 Å². The zero-order valence-corrected chi connectivity index (χ0v) is 17.5. The van der Waals surface area contributed by atoms with Gasteiger partial charge in [0.25, 0.3) is 5.91 Å². The van der Waals surface area contributed by atoms with E-state index < -0.39 is 49.2 Å². The summed E-state index contributed by atoms with van der Waals surface area (Å²) >= 11 is 0. The molecule has 0 aliphatic rings. The third-order valence-corrected chi connectivity index (χ3v) is 4.48. The van der Waals surface area contributed by atoms with Crippen molar-refractivity contribution in [2.24, 2.45) is 0 Å². The van der Waals surface area contributed by atoms with Crippen LogP contribution in [0.4, 0.5) is 48.3 Å². The van der Waals surface area contributed by atoms with Crippen LogP contribution in [0.3, 0.4) is 0 Å². The van der Waals surface area contributed by atoms with Crippen molar-refractivity contribution in [1.82, 2.24) is 4.90 Å². The highest BCUT2D eigenvalue weighted by molar-refractivity contribution is 5.84. The second-order valence-corrected chi connectivity index (χ2v) is 7.20. The number of rotatable bonds is 14. The lowest BCUT2D eigenvalue weighted by atomic mass is 10.1. The highest BCUT2D eigenvalue weighted by Gasteiger charge is 2.79. The van der Waals surface area contributed by atoms with E-state index in [-0.39, 0.29) is 17.7 Å². The van der Waals surface area contributed by atoms with Gasteiger partial charge in [-0.1, -0.05) is 52.4 Å². The van der Waals surface area contributed by atoms with Crippen LogP contribution in [0.15, 0.2) is 0 Å². The molecule has 0 radical (unpaired) electrons. The number of hydrogen-bond acceptors (Lipinski definition) is 2. The minimum absolute atomic E-state index is 0.0242. The van der Waals surface area contributed by atoms with Crippen LogP contribution in [0.25, 0.3) is 0 Å². The number of alkyl halides is 11. The molecule has 0 aromatic rings. The number of carbonyl (C=O) groups is 1. The van der Waals surface area contributed by atoms with Gasteiger partial charge in [0, 0.05) is 13.1 Å². The first-order chi connectivity index (χ1) is 14.4. The summed E-state index contributed by atoms with van der Waals surface area (Å²) in [6.45, 7) is 2.44. The molecule has 3 nitrogen and oxygen atoms in total. The molecular weight excluding hydrogens is 471 g/mol. The van der Waals surface area contributed by atoms with Gasteiger partial charge >= 0.3 is 30.2 Å². The minimum atomic E-state index is -7.20. The largest absolute Gasteiger partial charge is 0.462 e. The number of nitrogens with zero attached hydrogens (tertiary/aromatic N) is 1. The first-order valence-corrected chi connectivity index (χ1v) is 9.96. The van der Waals surface area contributed by atoms with Crippen LogP contribution in [0.5, 0.6) is 0 Å². The maximum atomic E-state index is 14.6. The Morgan fingerprint density at radius 2 is 1.06 bits per heavy atom. The predicted molar refractivity (Wildman–Crippen MR) is 91.8 cm³/mol. The fraction of sp³-hybridized carbons (Fsp3) is 0.944.